The number of phenolic OH excluding ortho intramolecular Hbond substituents is 1. The van der Waals surface area contributed by atoms with Crippen molar-refractivity contribution in [1.82, 2.24) is 0 Å². The Morgan fingerprint density at radius 3 is 2.21 bits per heavy atom. The third kappa shape index (κ3) is 2.95. The van der Waals surface area contributed by atoms with Crippen LogP contribution >= 0.6 is 11.6 Å². The summed E-state index contributed by atoms with van der Waals surface area (Å²) in [5.74, 6) is -0.822. The molecular formula is C15H11ClO3. The van der Waals surface area contributed by atoms with Crippen LogP contribution in [0.3, 0.4) is 0 Å². The number of rotatable bonds is 3. The number of aliphatic hydroxyl groups is 1. The predicted molar refractivity (Wildman–Crippen MR) is 74.5 cm³/mol. The van der Waals surface area contributed by atoms with E-state index >= 15 is 0 Å². The third-order valence-corrected chi connectivity index (χ3v) is 2.92. The molecule has 4 heteroatoms. The van der Waals surface area contributed by atoms with Gasteiger partial charge in [-0.1, -0.05) is 35.9 Å². The van der Waals surface area contributed by atoms with E-state index in [1.807, 2.05) is 0 Å². The van der Waals surface area contributed by atoms with Gasteiger partial charge in [-0.05, 0) is 24.3 Å². The molecule has 2 N–H and O–H groups in total. The fourth-order valence-electron chi connectivity index (χ4n) is 1.63. The monoisotopic (exact) mass is 274 g/mol. The smallest absolute Gasteiger partial charge is 0.191 e. The van der Waals surface area contributed by atoms with Crippen molar-refractivity contribution in [3.8, 4) is 5.75 Å². The van der Waals surface area contributed by atoms with Gasteiger partial charge in [-0.3, -0.25) is 4.79 Å². The summed E-state index contributed by atoms with van der Waals surface area (Å²) in [5, 5.41) is 19.8. The molecule has 0 aromatic heterocycles. The minimum atomic E-state index is -0.425. The number of halogens is 1. The van der Waals surface area contributed by atoms with Crippen LogP contribution in [0.1, 0.15) is 15.9 Å². The fraction of sp³-hybridized carbons (Fsp3) is 0. The van der Waals surface area contributed by atoms with Crippen molar-refractivity contribution >= 4 is 23.1 Å². The van der Waals surface area contributed by atoms with Gasteiger partial charge in [0.05, 0.1) is 10.6 Å². The van der Waals surface area contributed by atoms with Crippen LogP contribution in [0.25, 0.3) is 5.76 Å². The minimum Gasteiger partial charge on any atom is -0.507 e. The van der Waals surface area contributed by atoms with Gasteiger partial charge in [0.2, 0.25) is 0 Å². The molecule has 0 atom stereocenters. The number of benzene rings is 2. The fourth-order valence-corrected chi connectivity index (χ4v) is 1.86. The number of ketones is 1. The van der Waals surface area contributed by atoms with Crippen molar-refractivity contribution in [3.63, 3.8) is 0 Å². The third-order valence-electron chi connectivity index (χ3n) is 2.59. The second kappa shape index (κ2) is 5.59. The molecule has 0 aliphatic carbocycles. The van der Waals surface area contributed by atoms with Gasteiger partial charge in [0.1, 0.15) is 11.5 Å². The number of hydrogen-bond acceptors (Lipinski definition) is 3. The van der Waals surface area contributed by atoms with Gasteiger partial charge < -0.3 is 10.2 Å². The topological polar surface area (TPSA) is 57.5 Å². The molecule has 0 saturated heterocycles. The van der Waals surface area contributed by atoms with Crippen LogP contribution in [0.2, 0.25) is 5.02 Å². The van der Waals surface area contributed by atoms with Crippen LogP contribution in [-0.2, 0) is 0 Å². The Bertz CT molecular complexity index is 647. The number of allylic oxidation sites excluding steroid dienone is 1. The molecule has 0 spiro atoms. The van der Waals surface area contributed by atoms with E-state index in [0.717, 1.165) is 6.08 Å². The van der Waals surface area contributed by atoms with Crippen molar-refractivity contribution in [2.45, 2.75) is 0 Å². The van der Waals surface area contributed by atoms with Crippen molar-refractivity contribution in [2.24, 2.45) is 0 Å². The van der Waals surface area contributed by atoms with Crippen molar-refractivity contribution in [1.29, 1.82) is 0 Å². The Hall–Kier alpha value is -2.26. The highest BCUT2D eigenvalue weighted by atomic mass is 35.5. The molecule has 96 valence electrons. The molecule has 0 bridgehead atoms. The maximum Gasteiger partial charge on any atom is 0.191 e. The highest BCUT2D eigenvalue weighted by Gasteiger charge is 2.11. The molecule has 0 fully saturated rings. The zero-order chi connectivity index (χ0) is 13.8. The number of aliphatic hydroxyl groups excluding tert-OH is 1. The molecule has 2 aromatic rings. The molecule has 19 heavy (non-hydrogen) atoms. The van der Waals surface area contributed by atoms with Gasteiger partial charge in [0, 0.05) is 11.6 Å². The van der Waals surface area contributed by atoms with Gasteiger partial charge in [-0.15, -0.1) is 0 Å². The quantitative estimate of drug-likeness (QED) is 0.508. The number of phenols is 1. The molecule has 0 radical (unpaired) electrons. The zero-order valence-corrected chi connectivity index (χ0v) is 10.6. The molecule has 0 saturated carbocycles. The summed E-state index contributed by atoms with van der Waals surface area (Å²) >= 11 is 5.90. The maximum atomic E-state index is 12.0. The van der Waals surface area contributed by atoms with Gasteiger partial charge in [-0.2, -0.15) is 0 Å². The lowest BCUT2D eigenvalue weighted by Gasteiger charge is -2.03. The van der Waals surface area contributed by atoms with Crippen molar-refractivity contribution in [3.05, 3.63) is 70.8 Å². The highest BCUT2D eigenvalue weighted by molar-refractivity contribution is 6.34. The molecule has 3 nitrogen and oxygen atoms in total. The molecule has 2 aromatic carbocycles. The van der Waals surface area contributed by atoms with E-state index in [0.29, 0.717) is 10.6 Å². The Morgan fingerprint density at radius 2 is 1.58 bits per heavy atom. The van der Waals surface area contributed by atoms with Gasteiger partial charge in [0.15, 0.2) is 5.78 Å². The Morgan fingerprint density at radius 1 is 1.00 bits per heavy atom. The first kappa shape index (κ1) is 13.2. The van der Waals surface area contributed by atoms with Crippen molar-refractivity contribution in [2.75, 3.05) is 0 Å². The lowest BCUT2D eigenvalue weighted by Crippen LogP contribution is -1.97. The Labute approximate surface area is 115 Å². The zero-order valence-electron chi connectivity index (χ0n) is 9.88. The summed E-state index contributed by atoms with van der Waals surface area (Å²) in [5.41, 5.74) is 0.494. The first-order valence-electron chi connectivity index (χ1n) is 5.57. The lowest BCUT2D eigenvalue weighted by molar-refractivity contribution is 0.104. The average molecular weight is 275 g/mol. The number of carbonyl (C=O) groups excluding carboxylic acids is 1. The average Bonchev–Trinajstić information content (AvgIpc) is 2.39. The van der Waals surface area contributed by atoms with Crippen LogP contribution < -0.4 is 0 Å². The highest BCUT2D eigenvalue weighted by Crippen LogP contribution is 2.24. The number of aromatic hydroxyl groups is 1. The molecule has 0 heterocycles. The number of para-hydroxylation sites is 1. The van der Waals surface area contributed by atoms with Gasteiger partial charge in [-0.25, -0.2) is 0 Å². The standard InChI is InChI=1S/C15H11ClO3/c16-12-7-3-1-5-10(12)14(18)9-15(19)11-6-2-4-8-13(11)17/h1-9,17,19H. The van der Waals surface area contributed by atoms with E-state index in [1.165, 1.54) is 12.1 Å². The van der Waals surface area contributed by atoms with Crippen LogP contribution in [0.4, 0.5) is 0 Å². The molecule has 0 aliphatic heterocycles. The first-order valence-corrected chi connectivity index (χ1v) is 5.95. The first-order chi connectivity index (χ1) is 9.09. The van der Waals surface area contributed by atoms with Crippen LogP contribution in [0.5, 0.6) is 5.75 Å². The van der Waals surface area contributed by atoms with Crippen molar-refractivity contribution < 1.29 is 15.0 Å². The van der Waals surface area contributed by atoms with Gasteiger partial charge in [0.25, 0.3) is 0 Å². The molecule has 2 rings (SSSR count). The summed E-state index contributed by atoms with van der Waals surface area (Å²) in [6.45, 7) is 0. The normalized spacial score (nSPS) is 11.3. The summed E-state index contributed by atoms with van der Waals surface area (Å²) in [4.78, 5) is 12.0. The number of hydrogen-bond donors (Lipinski definition) is 2. The molecule has 0 aliphatic rings. The SMILES string of the molecule is O=C(C=C(O)c1ccccc1O)c1ccccc1Cl. The van der Waals surface area contributed by atoms with Gasteiger partial charge >= 0.3 is 0 Å². The second-order valence-electron chi connectivity index (χ2n) is 3.89. The summed E-state index contributed by atoms with van der Waals surface area (Å²) in [6.07, 6.45) is 1.04. The Kier molecular flexibility index (Phi) is 3.88. The van der Waals surface area contributed by atoms with E-state index in [4.69, 9.17) is 11.6 Å². The number of carbonyl (C=O) groups is 1. The van der Waals surface area contributed by atoms with E-state index in [-0.39, 0.29) is 17.1 Å². The summed E-state index contributed by atoms with van der Waals surface area (Å²) < 4.78 is 0. The van der Waals surface area contributed by atoms with E-state index < -0.39 is 5.78 Å². The maximum absolute atomic E-state index is 12.0. The minimum absolute atomic E-state index is 0.0943. The summed E-state index contributed by atoms with van der Waals surface area (Å²) in [6, 6.07) is 12.8. The second-order valence-corrected chi connectivity index (χ2v) is 4.30. The molecule has 0 unspecified atom stereocenters. The Balaban J connectivity index is 2.34. The van der Waals surface area contributed by atoms with Crippen LogP contribution in [-0.4, -0.2) is 16.0 Å². The predicted octanol–water partition coefficient (Wildman–Crippen LogP) is 3.83. The molecule has 0 amide bonds. The van der Waals surface area contributed by atoms with Crippen LogP contribution in [0.15, 0.2) is 54.6 Å². The summed E-state index contributed by atoms with van der Waals surface area (Å²) in [7, 11) is 0. The lowest BCUT2D eigenvalue weighted by atomic mass is 10.1. The van der Waals surface area contributed by atoms with E-state index in [1.54, 1.807) is 36.4 Å². The van der Waals surface area contributed by atoms with Crippen LogP contribution in [0, 0.1) is 0 Å². The largest absolute Gasteiger partial charge is 0.507 e. The molecular weight excluding hydrogens is 264 g/mol. The van der Waals surface area contributed by atoms with E-state index in [9.17, 15) is 15.0 Å². The van der Waals surface area contributed by atoms with E-state index in [2.05, 4.69) is 0 Å².